The normalized spacial score (nSPS) is 21.4. The molecule has 140 valence electrons. The molecule has 0 saturated carbocycles. The molecule has 0 spiro atoms. The Hall–Kier alpha value is -2.53. The third-order valence-corrected chi connectivity index (χ3v) is 6.02. The Morgan fingerprint density at radius 2 is 1.70 bits per heavy atom. The summed E-state index contributed by atoms with van der Waals surface area (Å²) in [5.74, 6) is -0.462. The van der Waals surface area contributed by atoms with Gasteiger partial charge in [-0.15, -0.1) is 0 Å². The van der Waals surface area contributed by atoms with Crippen LogP contribution in [-0.2, 0) is 6.42 Å². The molecule has 3 unspecified atom stereocenters. The number of benzene rings is 2. The SMILES string of the molecule is CC1C(Cc2c(F)cccc2Cl)C(C)n2c(=O)c(-c3ccccc3)c(O)n21. The lowest BCUT2D eigenvalue weighted by Crippen LogP contribution is -2.23. The van der Waals surface area contributed by atoms with E-state index in [1.165, 1.54) is 6.07 Å². The Bertz CT molecular complexity index is 1040. The summed E-state index contributed by atoms with van der Waals surface area (Å²) in [4.78, 5) is 13.1. The van der Waals surface area contributed by atoms with E-state index < -0.39 is 0 Å². The second-order valence-electron chi connectivity index (χ2n) is 7.11. The first-order valence-electron chi connectivity index (χ1n) is 8.96. The molecule has 4 nitrogen and oxygen atoms in total. The van der Waals surface area contributed by atoms with Crippen molar-refractivity contribution in [3.8, 4) is 17.0 Å². The number of hydrogen-bond acceptors (Lipinski definition) is 2. The third-order valence-electron chi connectivity index (χ3n) is 5.67. The minimum absolute atomic E-state index is 0.0484. The summed E-state index contributed by atoms with van der Waals surface area (Å²) < 4.78 is 17.5. The Balaban J connectivity index is 1.77. The molecule has 0 fully saturated rings. The van der Waals surface area contributed by atoms with Crippen LogP contribution in [0.5, 0.6) is 5.88 Å². The fraction of sp³-hybridized carbons (Fsp3) is 0.286. The van der Waals surface area contributed by atoms with Gasteiger partial charge in [0.15, 0.2) is 0 Å². The van der Waals surface area contributed by atoms with Crippen molar-refractivity contribution >= 4 is 11.6 Å². The molecule has 6 heteroatoms. The minimum Gasteiger partial charge on any atom is -0.493 e. The van der Waals surface area contributed by atoms with Crippen LogP contribution in [-0.4, -0.2) is 14.5 Å². The lowest BCUT2D eigenvalue weighted by atomic mass is 9.88. The zero-order valence-corrected chi connectivity index (χ0v) is 15.8. The van der Waals surface area contributed by atoms with Crippen LogP contribution >= 0.6 is 11.6 Å². The van der Waals surface area contributed by atoms with E-state index in [1.807, 2.05) is 32.0 Å². The van der Waals surface area contributed by atoms with Gasteiger partial charge in [-0.25, -0.2) is 13.8 Å². The molecular formula is C21H20ClFN2O2. The summed E-state index contributed by atoms with van der Waals surface area (Å²) in [6, 6.07) is 13.4. The van der Waals surface area contributed by atoms with Crippen molar-refractivity contribution in [2.24, 2.45) is 5.92 Å². The van der Waals surface area contributed by atoms with Gasteiger partial charge in [0.25, 0.3) is 5.56 Å². The summed E-state index contributed by atoms with van der Waals surface area (Å²) >= 11 is 6.19. The van der Waals surface area contributed by atoms with Gasteiger partial charge in [0, 0.05) is 16.5 Å². The van der Waals surface area contributed by atoms with Crippen molar-refractivity contribution < 1.29 is 9.50 Å². The van der Waals surface area contributed by atoms with Gasteiger partial charge >= 0.3 is 0 Å². The molecule has 1 aromatic heterocycles. The van der Waals surface area contributed by atoms with Crippen molar-refractivity contribution in [1.29, 1.82) is 0 Å². The monoisotopic (exact) mass is 386 g/mol. The van der Waals surface area contributed by atoms with Gasteiger partial charge in [0.05, 0.1) is 12.1 Å². The van der Waals surface area contributed by atoms with E-state index >= 15 is 0 Å². The Kier molecular flexibility index (Phi) is 4.35. The predicted molar refractivity (Wildman–Crippen MR) is 104 cm³/mol. The van der Waals surface area contributed by atoms with Gasteiger partial charge in [-0.3, -0.25) is 4.79 Å². The van der Waals surface area contributed by atoms with Crippen LogP contribution in [0.1, 0.15) is 31.5 Å². The fourth-order valence-corrected chi connectivity index (χ4v) is 4.46. The second-order valence-corrected chi connectivity index (χ2v) is 7.52. The Morgan fingerprint density at radius 1 is 1.04 bits per heavy atom. The van der Waals surface area contributed by atoms with Crippen LogP contribution in [0.4, 0.5) is 4.39 Å². The molecule has 2 heterocycles. The minimum atomic E-state index is -0.347. The first kappa shape index (κ1) is 17.9. The molecule has 0 amide bonds. The van der Waals surface area contributed by atoms with Crippen molar-refractivity contribution in [2.75, 3.05) is 0 Å². The lowest BCUT2D eigenvalue weighted by Gasteiger charge is -2.20. The number of aromatic hydroxyl groups is 1. The number of rotatable bonds is 3. The van der Waals surface area contributed by atoms with Crippen molar-refractivity contribution in [2.45, 2.75) is 32.4 Å². The zero-order chi connectivity index (χ0) is 19.3. The fourth-order valence-electron chi connectivity index (χ4n) is 4.22. The van der Waals surface area contributed by atoms with Crippen LogP contribution in [0.25, 0.3) is 11.1 Å². The van der Waals surface area contributed by atoms with Crippen LogP contribution < -0.4 is 5.56 Å². The number of aromatic nitrogens is 2. The van der Waals surface area contributed by atoms with E-state index in [9.17, 15) is 14.3 Å². The molecule has 2 aromatic carbocycles. The molecule has 1 aliphatic rings. The molecule has 0 bridgehead atoms. The van der Waals surface area contributed by atoms with Gasteiger partial charge in [0.2, 0.25) is 5.88 Å². The maximum absolute atomic E-state index is 14.2. The molecule has 1 aliphatic heterocycles. The average molecular weight is 387 g/mol. The van der Waals surface area contributed by atoms with Crippen LogP contribution in [0.2, 0.25) is 5.02 Å². The van der Waals surface area contributed by atoms with Gasteiger partial charge in [-0.1, -0.05) is 48.0 Å². The van der Waals surface area contributed by atoms with Crippen LogP contribution in [0.3, 0.4) is 0 Å². The first-order valence-corrected chi connectivity index (χ1v) is 9.34. The number of halogens is 2. The standard InChI is InChI=1S/C21H20ClFN2O2/c1-12-15(11-16-17(22)9-6-10-18(16)23)13(2)25-21(27)19(20(26)24(12)25)14-7-4-3-5-8-14/h3-10,12-13,15,26H,11H2,1-2H3. The van der Waals surface area contributed by atoms with E-state index in [1.54, 1.807) is 33.6 Å². The molecule has 3 aromatic rings. The van der Waals surface area contributed by atoms with Crippen molar-refractivity contribution in [3.63, 3.8) is 0 Å². The van der Waals surface area contributed by atoms with Crippen molar-refractivity contribution in [3.05, 3.63) is 75.3 Å². The summed E-state index contributed by atoms with van der Waals surface area (Å²) in [5.41, 5.74) is 1.20. The van der Waals surface area contributed by atoms with E-state index in [0.717, 1.165) is 0 Å². The Labute approximate surface area is 161 Å². The molecule has 1 N–H and O–H groups in total. The number of fused-ring (bicyclic) bond motifs is 1. The molecular weight excluding hydrogens is 367 g/mol. The lowest BCUT2D eigenvalue weighted by molar-refractivity contribution is 0.336. The van der Waals surface area contributed by atoms with E-state index in [4.69, 9.17) is 11.6 Å². The molecule has 0 radical (unpaired) electrons. The predicted octanol–water partition coefficient (Wildman–Crippen LogP) is 4.81. The number of hydrogen-bond donors (Lipinski definition) is 1. The summed E-state index contributed by atoms with van der Waals surface area (Å²) in [6.45, 7) is 3.86. The smallest absolute Gasteiger partial charge is 0.278 e. The highest BCUT2D eigenvalue weighted by atomic mass is 35.5. The first-order chi connectivity index (χ1) is 12.9. The van der Waals surface area contributed by atoms with E-state index in [0.29, 0.717) is 28.1 Å². The average Bonchev–Trinajstić information content (AvgIpc) is 3.05. The van der Waals surface area contributed by atoms with Crippen LogP contribution in [0.15, 0.2) is 53.3 Å². The molecule has 3 atom stereocenters. The molecule has 0 aliphatic carbocycles. The highest BCUT2D eigenvalue weighted by Gasteiger charge is 2.40. The third kappa shape index (κ3) is 2.69. The zero-order valence-electron chi connectivity index (χ0n) is 15.1. The maximum atomic E-state index is 14.2. The summed E-state index contributed by atoms with van der Waals surface area (Å²) in [6.07, 6.45) is 0.391. The molecule has 0 saturated heterocycles. The Morgan fingerprint density at radius 3 is 2.33 bits per heavy atom. The number of nitrogens with zero attached hydrogens (tertiary/aromatic N) is 2. The summed E-state index contributed by atoms with van der Waals surface area (Å²) in [7, 11) is 0. The quantitative estimate of drug-likeness (QED) is 0.702. The molecule has 4 rings (SSSR count). The van der Waals surface area contributed by atoms with E-state index in [2.05, 4.69) is 0 Å². The van der Waals surface area contributed by atoms with Gasteiger partial charge in [-0.2, -0.15) is 0 Å². The highest BCUT2D eigenvalue weighted by molar-refractivity contribution is 6.31. The van der Waals surface area contributed by atoms with Gasteiger partial charge < -0.3 is 5.11 Å². The molecule has 27 heavy (non-hydrogen) atoms. The second kappa shape index (κ2) is 6.57. The van der Waals surface area contributed by atoms with E-state index in [-0.39, 0.29) is 35.3 Å². The van der Waals surface area contributed by atoms with Crippen LogP contribution in [0, 0.1) is 11.7 Å². The van der Waals surface area contributed by atoms with Gasteiger partial charge in [-0.05, 0) is 38.0 Å². The van der Waals surface area contributed by atoms with Crippen molar-refractivity contribution in [1.82, 2.24) is 9.36 Å². The highest BCUT2D eigenvalue weighted by Crippen LogP contribution is 2.43. The maximum Gasteiger partial charge on any atom is 0.278 e. The van der Waals surface area contributed by atoms with Gasteiger partial charge in [0.1, 0.15) is 11.4 Å². The topological polar surface area (TPSA) is 47.2 Å². The summed E-state index contributed by atoms with van der Waals surface area (Å²) in [5, 5.41) is 11.2. The largest absolute Gasteiger partial charge is 0.493 e.